The van der Waals surface area contributed by atoms with Crippen molar-refractivity contribution in [2.24, 2.45) is 4.40 Å². The predicted octanol–water partition coefficient (Wildman–Crippen LogP) is 4.15. The Labute approximate surface area is 188 Å². The largest absolute Gasteiger partial charge is 0.493 e. The van der Waals surface area contributed by atoms with Crippen LogP contribution in [0.4, 0.5) is 0 Å². The molecule has 0 radical (unpaired) electrons. The molecule has 30 heavy (non-hydrogen) atoms. The highest BCUT2D eigenvalue weighted by Crippen LogP contribution is 2.35. The third-order valence-corrected chi connectivity index (χ3v) is 7.15. The lowest BCUT2D eigenvalue weighted by Crippen LogP contribution is -2.29. The number of thioether (sulfide) groups is 1. The number of benzene rings is 2. The van der Waals surface area contributed by atoms with E-state index in [9.17, 15) is 13.2 Å². The average Bonchev–Trinajstić information content (AvgIpc) is 3.01. The third-order valence-electron chi connectivity index (χ3n) is 4.22. The molecule has 0 spiro atoms. The first-order chi connectivity index (χ1) is 14.3. The minimum atomic E-state index is -3.95. The standard InChI is InChI=1S/C20H19BrN2O5S2/c1-4-23-19(24)18(12-13-5-10-16(27-2)17(11-13)28-3)29-20(23)22-30(25,26)15-8-6-14(21)7-9-15/h5-12H,4H2,1-3H3. The normalized spacial score (nSPS) is 17.1. The van der Waals surface area contributed by atoms with E-state index in [1.165, 1.54) is 24.1 Å². The number of carbonyl (C=O) groups is 1. The summed E-state index contributed by atoms with van der Waals surface area (Å²) in [4.78, 5) is 14.6. The van der Waals surface area contributed by atoms with Gasteiger partial charge in [-0.1, -0.05) is 22.0 Å². The number of amides is 1. The van der Waals surface area contributed by atoms with Crippen LogP contribution in [0.3, 0.4) is 0 Å². The number of carbonyl (C=O) groups excluding carboxylic acids is 1. The zero-order valence-corrected chi connectivity index (χ0v) is 19.7. The lowest BCUT2D eigenvalue weighted by atomic mass is 10.2. The molecule has 0 atom stereocenters. The molecule has 3 rings (SSSR count). The number of likely N-dealkylation sites (N-methyl/N-ethyl adjacent to an activating group) is 1. The van der Waals surface area contributed by atoms with Crippen LogP contribution in [-0.4, -0.2) is 45.2 Å². The van der Waals surface area contributed by atoms with Crippen LogP contribution < -0.4 is 9.47 Å². The minimum Gasteiger partial charge on any atom is -0.493 e. The molecule has 0 aliphatic carbocycles. The van der Waals surface area contributed by atoms with Crippen molar-refractivity contribution >= 4 is 54.9 Å². The van der Waals surface area contributed by atoms with Crippen LogP contribution in [0.2, 0.25) is 0 Å². The molecule has 1 heterocycles. The fraction of sp³-hybridized carbons (Fsp3) is 0.200. The lowest BCUT2D eigenvalue weighted by molar-refractivity contribution is -0.122. The molecule has 0 unspecified atom stereocenters. The molecule has 0 aromatic heterocycles. The van der Waals surface area contributed by atoms with E-state index in [4.69, 9.17) is 9.47 Å². The van der Waals surface area contributed by atoms with Crippen LogP contribution in [0.25, 0.3) is 6.08 Å². The molecule has 1 aliphatic heterocycles. The van der Waals surface area contributed by atoms with Crippen molar-refractivity contribution in [3.63, 3.8) is 0 Å². The van der Waals surface area contributed by atoms with Gasteiger partial charge in [0.15, 0.2) is 16.7 Å². The van der Waals surface area contributed by atoms with E-state index < -0.39 is 10.0 Å². The van der Waals surface area contributed by atoms with Gasteiger partial charge in [-0.3, -0.25) is 9.69 Å². The number of halogens is 1. The Morgan fingerprint density at radius 1 is 1.10 bits per heavy atom. The molecule has 2 aromatic rings. The minimum absolute atomic E-state index is 0.0552. The molecule has 2 aromatic carbocycles. The van der Waals surface area contributed by atoms with Gasteiger partial charge in [0, 0.05) is 11.0 Å². The number of amidine groups is 1. The van der Waals surface area contributed by atoms with E-state index in [0.717, 1.165) is 21.8 Å². The fourth-order valence-electron chi connectivity index (χ4n) is 2.71. The van der Waals surface area contributed by atoms with Crippen LogP contribution in [0.5, 0.6) is 11.5 Å². The average molecular weight is 511 g/mol. The van der Waals surface area contributed by atoms with Gasteiger partial charge in [0.05, 0.1) is 24.0 Å². The number of methoxy groups -OCH3 is 2. The quantitative estimate of drug-likeness (QED) is 0.542. The van der Waals surface area contributed by atoms with Gasteiger partial charge in [0.2, 0.25) is 0 Å². The van der Waals surface area contributed by atoms with Gasteiger partial charge in [0.1, 0.15) is 0 Å². The van der Waals surface area contributed by atoms with Crippen molar-refractivity contribution < 1.29 is 22.7 Å². The molecule has 1 fully saturated rings. The first-order valence-corrected chi connectivity index (χ1v) is 11.9. The van der Waals surface area contributed by atoms with Crippen LogP contribution in [0.1, 0.15) is 12.5 Å². The Balaban J connectivity index is 1.96. The summed E-state index contributed by atoms with van der Waals surface area (Å²) in [5, 5.41) is 0.122. The highest BCUT2D eigenvalue weighted by molar-refractivity contribution is 9.10. The topological polar surface area (TPSA) is 85.3 Å². The van der Waals surface area contributed by atoms with E-state index in [0.29, 0.717) is 22.9 Å². The maximum Gasteiger partial charge on any atom is 0.284 e. The molecule has 1 saturated heterocycles. The number of hydrogen-bond acceptors (Lipinski definition) is 6. The first-order valence-electron chi connectivity index (χ1n) is 8.83. The second-order valence-electron chi connectivity index (χ2n) is 6.08. The second-order valence-corrected chi connectivity index (χ2v) is 9.61. The number of nitrogens with zero attached hydrogens (tertiary/aromatic N) is 2. The van der Waals surface area contributed by atoms with E-state index >= 15 is 0 Å². The van der Waals surface area contributed by atoms with E-state index in [-0.39, 0.29) is 16.0 Å². The summed E-state index contributed by atoms with van der Waals surface area (Å²) in [6.45, 7) is 2.06. The number of sulfonamides is 1. The van der Waals surface area contributed by atoms with Crippen molar-refractivity contribution in [1.82, 2.24) is 4.90 Å². The molecular weight excluding hydrogens is 492 g/mol. The van der Waals surface area contributed by atoms with Crippen molar-refractivity contribution in [3.05, 3.63) is 57.4 Å². The van der Waals surface area contributed by atoms with Crippen molar-refractivity contribution in [1.29, 1.82) is 0 Å². The zero-order valence-electron chi connectivity index (χ0n) is 16.5. The van der Waals surface area contributed by atoms with Crippen LogP contribution >= 0.6 is 27.7 Å². The monoisotopic (exact) mass is 510 g/mol. The van der Waals surface area contributed by atoms with Crippen molar-refractivity contribution in [2.45, 2.75) is 11.8 Å². The second kappa shape index (κ2) is 9.23. The molecule has 7 nitrogen and oxygen atoms in total. The summed E-state index contributed by atoms with van der Waals surface area (Å²) in [6, 6.07) is 11.4. The summed E-state index contributed by atoms with van der Waals surface area (Å²) >= 11 is 4.30. The highest BCUT2D eigenvalue weighted by atomic mass is 79.9. The van der Waals surface area contributed by atoms with Gasteiger partial charge >= 0.3 is 0 Å². The first kappa shape index (κ1) is 22.4. The third kappa shape index (κ3) is 4.71. The Morgan fingerprint density at radius 2 is 1.77 bits per heavy atom. The Hall–Kier alpha value is -2.30. The molecule has 1 aliphatic rings. The van der Waals surface area contributed by atoms with Crippen molar-refractivity contribution in [3.8, 4) is 11.5 Å². The molecule has 0 N–H and O–H groups in total. The van der Waals surface area contributed by atoms with Crippen molar-refractivity contribution in [2.75, 3.05) is 20.8 Å². The molecule has 0 bridgehead atoms. The summed E-state index contributed by atoms with van der Waals surface area (Å²) in [5.74, 6) is 0.798. The van der Waals surface area contributed by atoms with Gasteiger partial charge < -0.3 is 9.47 Å². The van der Waals surface area contributed by atoms with Gasteiger partial charge in [-0.25, -0.2) is 0 Å². The highest BCUT2D eigenvalue weighted by Gasteiger charge is 2.34. The summed E-state index contributed by atoms with van der Waals surface area (Å²) in [5.41, 5.74) is 0.719. The maximum atomic E-state index is 12.8. The molecule has 1 amide bonds. The van der Waals surface area contributed by atoms with E-state index in [2.05, 4.69) is 20.3 Å². The maximum absolute atomic E-state index is 12.8. The fourth-order valence-corrected chi connectivity index (χ4v) is 5.22. The summed E-state index contributed by atoms with van der Waals surface area (Å²) in [7, 11) is -0.884. The lowest BCUT2D eigenvalue weighted by Gasteiger charge is -2.12. The predicted molar refractivity (Wildman–Crippen MR) is 121 cm³/mol. The Kier molecular flexibility index (Phi) is 6.89. The van der Waals surface area contributed by atoms with Gasteiger partial charge in [-0.05, 0) is 66.7 Å². The van der Waals surface area contributed by atoms with Crippen LogP contribution in [0, 0.1) is 0 Å². The smallest absolute Gasteiger partial charge is 0.284 e. The molecule has 10 heteroatoms. The van der Waals surface area contributed by atoms with E-state index in [1.807, 2.05) is 0 Å². The van der Waals surface area contributed by atoms with Crippen LogP contribution in [-0.2, 0) is 14.8 Å². The van der Waals surface area contributed by atoms with Gasteiger partial charge in [-0.2, -0.15) is 8.42 Å². The number of ether oxygens (including phenoxy) is 2. The Bertz CT molecular complexity index is 1130. The summed E-state index contributed by atoms with van der Waals surface area (Å²) in [6.07, 6.45) is 1.67. The van der Waals surface area contributed by atoms with Gasteiger partial charge in [0.25, 0.3) is 15.9 Å². The number of hydrogen-bond donors (Lipinski definition) is 0. The van der Waals surface area contributed by atoms with Gasteiger partial charge in [-0.15, -0.1) is 4.40 Å². The zero-order chi connectivity index (χ0) is 21.9. The van der Waals surface area contributed by atoms with E-state index in [1.54, 1.807) is 50.4 Å². The molecule has 158 valence electrons. The Morgan fingerprint density at radius 3 is 2.37 bits per heavy atom. The SMILES string of the molecule is CCN1C(=O)C(=Cc2ccc(OC)c(OC)c2)SC1=NS(=O)(=O)c1ccc(Br)cc1. The summed E-state index contributed by atoms with van der Waals surface area (Å²) < 4.78 is 40.6. The molecule has 0 saturated carbocycles. The molecular formula is C20H19BrN2O5S2. The number of rotatable bonds is 6. The van der Waals surface area contributed by atoms with Crippen LogP contribution in [0.15, 0.2) is 61.1 Å².